The van der Waals surface area contributed by atoms with Crippen LogP contribution in [0.4, 0.5) is 0 Å². The Kier molecular flexibility index (Phi) is 9.79. The molecule has 1 radical (unpaired) electrons. The molecule has 0 rings (SSSR count). The smallest absolute Gasteiger partial charge is 0.186 e. The Morgan fingerprint density at radius 2 is 0.933 bits per heavy atom. The Labute approximate surface area is 106 Å². The molecule has 0 aliphatic rings. The van der Waals surface area contributed by atoms with Crippen LogP contribution < -0.4 is 0 Å². The fraction of sp³-hybridized carbons (Fsp3) is 0. The average molecular weight is 265 g/mol. The van der Waals surface area contributed by atoms with Crippen LogP contribution in [0.2, 0.25) is 0 Å². The van der Waals surface area contributed by atoms with E-state index in [0.29, 0.717) is 0 Å². The quantitative estimate of drug-likeness (QED) is 0.526. The summed E-state index contributed by atoms with van der Waals surface area (Å²) >= 11 is 3.70. The van der Waals surface area contributed by atoms with Gasteiger partial charge < -0.3 is 0 Å². The van der Waals surface area contributed by atoms with Gasteiger partial charge in [0.1, 0.15) is 28.7 Å². The maximum atomic E-state index is 8.46. The number of nitriles is 4. The van der Waals surface area contributed by atoms with Crippen molar-refractivity contribution >= 4 is 63.8 Å². The summed E-state index contributed by atoms with van der Waals surface area (Å²) in [7, 11) is 1.64. The molecule has 69 valence electrons. The van der Waals surface area contributed by atoms with Gasteiger partial charge >= 0.3 is 0 Å². The zero-order chi connectivity index (χ0) is 11.5. The third kappa shape index (κ3) is 7.48. The third-order valence-electron chi connectivity index (χ3n) is 0.990. The second kappa shape index (κ2) is 10.1. The van der Waals surface area contributed by atoms with Crippen molar-refractivity contribution in [2.75, 3.05) is 0 Å². The number of thiocyanates is 4. The van der Waals surface area contributed by atoms with Crippen molar-refractivity contribution in [3.05, 3.63) is 0 Å². The van der Waals surface area contributed by atoms with Crippen molar-refractivity contribution in [3.8, 4) is 21.6 Å². The molecule has 0 aromatic heterocycles. The van der Waals surface area contributed by atoms with Crippen LogP contribution in [-0.4, -0.2) is 17.4 Å². The van der Waals surface area contributed by atoms with Crippen LogP contribution in [0.5, 0.6) is 0 Å². The summed E-state index contributed by atoms with van der Waals surface area (Å²) in [5.74, 6) is 0. The number of rotatable bonds is 6. The van der Waals surface area contributed by atoms with E-state index in [1.165, 1.54) is 0 Å². The Morgan fingerprint density at radius 3 is 1.13 bits per heavy atom. The molecule has 0 amide bonds. The highest BCUT2D eigenvalue weighted by molar-refractivity contribution is 8.69. The van der Waals surface area contributed by atoms with Crippen molar-refractivity contribution in [2.24, 2.45) is 0 Å². The van der Waals surface area contributed by atoms with Crippen LogP contribution in [0.15, 0.2) is 0 Å². The molecule has 0 spiro atoms. The molecule has 0 N–H and O–H groups in total. The highest BCUT2D eigenvalue weighted by atomic mass is 32.2. The molecule has 0 aromatic rings. The van der Waals surface area contributed by atoms with E-state index in [2.05, 4.69) is 0 Å². The molecule has 0 bridgehead atoms. The van der Waals surface area contributed by atoms with Gasteiger partial charge in [-0.3, -0.25) is 0 Å². The Morgan fingerprint density at radius 1 is 0.667 bits per heavy atom. The maximum Gasteiger partial charge on any atom is 0.264 e. The molecule has 11 heteroatoms. The zero-order valence-corrected chi connectivity index (χ0v) is 10.4. The van der Waals surface area contributed by atoms with E-state index < -0.39 is 0 Å². The van der Waals surface area contributed by atoms with Gasteiger partial charge in [-0.1, -0.05) is 46.5 Å². The zero-order valence-electron chi connectivity index (χ0n) is 7.15. The standard InChI is InChI=1S/C4B3N4S4/c8-1-12-6(13-2-9)5-7(14-3-10)15-4-11. The van der Waals surface area contributed by atoms with E-state index in [0.717, 1.165) is 46.5 Å². The molecule has 0 aliphatic carbocycles. The second-order valence-electron chi connectivity index (χ2n) is 1.77. The predicted molar refractivity (Wildman–Crippen MR) is 70.1 cm³/mol. The van der Waals surface area contributed by atoms with E-state index in [4.69, 9.17) is 21.0 Å². The van der Waals surface area contributed by atoms with Gasteiger partial charge in [0.25, 0.3) is 10.3 Å². The summed E-state index contributed by atoms with van der Waals surface area (Å²) in [4.78, 5) is 0. The van der Waals surface area contributed by atoms with Gasteiger partial charge in [0, 0.05) is 0 Å². The highest BCUT2D eigenvalue weighted by Gasteiger charge is 2.27. The van der Waals surface area contributed by atoms with Crippen molar-refractivity contribution in [3.63, 3.8) is 0 Å². The first-order valence-corrected chi connectivity index (χ1v) is 6.84. The Bertz CT molecular complexity index is 285. The lowest BCUT2D eigenvalue weighted by atomic mass is 9.35. The molecule has 0 fully saturated rings. The van der Waals surface area contributed by atoms with E-state index in [1.807, 2.05) is 21.6 Å². The molecule has 0 aliphatic heterocycles. The van der Waals surface area contributed by atoms with Gasteiger partial charge in [0.15, 0.2) is 0 Å². The third-order valence-corrected chi connectivity index (χ3v) is 4.12. The first-order valence-electron chi connectivity index (χ1n) is 3.32. The van der Waals surface area contributed by atoms with Crippen molar-refractivity contribution in [2.45, 2.75) is 0 Å². The van der Waals surface area contributed by atoms with Crippen LogP contribution in [0.25, 0.3) is 0 Å². The van der Waals surface area contributed by atoms with Gasteiger partial charge in [-0.2, -0.15) is 21.0 Å². The van der Waals surface area contributed by atoms with Crippen molar-refractivity contribution < 1.29 is 0 Å². The molecule has 0 unspecified atom stereocenters. The molecule has 15 heavy (non-hydrogen) atoms. The minimum absolute atomic E-state index is 0.341. The number of hydrogen-bond acceptors (Lipinski definition) is 8. The van der Waals surface area contributed by atoms with Gasteiger partial charge in [-0.05, 0) is 0 Å². The van der Waals surface area contributed by atoms with Gasteiger partial charge in [-0.15, -0.1) is 0 Å². The molecular weight excluding hydrogens is 265 g/mol. The SMILES string of the molecule is N#CSB([B]B(SC#N)SC#N)SC#N. The van der Waals surface area contributed by atoms with Crippen LogP contribution in [0.3, 0.4) is 0 Å². The first-order chi connectivity index (χ1) is 7.28. The first kappa shape index (κ1) is 14.6. The van der Waals surface area contributed by atoms with Crippen LogP contribution >= 0.6 is 46.5 Å². The summed E-state index contributed by atoms with van der Waals surface area (Å²) in [6, 6.07) is 0. The number of nitrogens with zero attached hydrogens (tertiary/aromatic N) is 4. The molecule has 4 nitrogen and oxygen atoms in total. The van der Waals surface area contributed by atoms with E-state index in [1.54, 1.807) is 7.06 Å². The summed E-state index contributed by atoms with van der Waals surface area (Å²) in [5.41, 5.74) is 0. The van der Waals surface area contributed by atoms with E-state index in [-0.39, 0.29) is 10.3 Å². The summed E-state index contributed by atoms with van der Waals surface area (Å²) in [6.07, 6.45) is 0. The van der Waals surface area contributed by atoms with Crippen LogP contribution in [0.1, 0.15) is 0 Å². The molecular formula is C4B3N4S4. The minimum atomic E-state index is -0.341. The van der Waals surface area contributed by atoms with Crippen molar-refractivity contribution in [1.82, 2.24) is 0 Å². The van der Waals surface area contributed by atoms with Gasteiger partial charge in [-0.25, -0.2) is 0 Å². The average Bonchev–Trinajstić information content (AvgIpc) is 2.19. The van der Waals surface area contributed by atoms with E-state index in [9.17, 15) is 0 Å². The maximum absolute atomic E-state index is 8.46. The summed E-state index contributed by atoms with van der Waals surface area (Å²) in [6.45, 7) is 0. The lowest BCUT2D eigenvalue weighted by Gasteiger charge is -2.04. The fourth-order valence-electron chi connectivity index (χ4n) is 0.541. The van der Waals surface area contributed by atoms with Crippen molar-refractivity contribution in [1.29, 1.82) is 21.0 Å². The Balaban J connectivity index is 4.23. The molecule has 0 heterocycles. The lowest BCUT2D eigenvalue weighted by molar-refractivity contribution is 1.57. The second-order valence-corrected chi connectivity index (χ2v) is 6.07. The molecule has 0 saturated heterocycles. The van der Waals surface area contributed by atoms with E-state index >= 15 is 0 Å². The lowest BCUT2D eigenvalue weighted by Crippen LogP contribution is -2.26. The highest BCUT2D eigenvalue weighted by Crippen LogP contribution is 2.23. The normalized spacial score (nSPS) is 7.47. The van der Waals surface area contributed by atoms with Gasteiger partial charge in [0.05, 0.1) is 0 Å². The topological polar surface area (TPSA) is 95.2 Å². The number of hydrogen-bond donors (Lipinski definition) is 0. The monoisotopic (exact) mass is 265 g/mol. The largest absolute Gasteiger partial charge is 0.264 e. The summed E-state index contributed by atoms with van der Waals surface area (Å²) < 4.78 is 0. The van der Waals surface area contributed by atoms with Crippen LogP contribution in [-0.2, 0) is 0 Å². The Hall–Kier alpha value is -0.445. The minimum Gasteiger partial charge on any atom is -0.186 e. The van der Waals surface area contributed by atoms with Gasteiger partial charge in [0.2, 0.25) is 0 Å². The predicted octanol–water partition coefficient (Wildman–Crippen LogP) is 1.52. The van der Waals surface area contributed by atoms with Crippen LogP contribution in [0, 0.1) is 42.7 Å². The fourth-order valence-corrected chi connectivity index (χ4v) is 3.20. The summed E-state index contributed by atoms with van der Waals surface area (Å²) in [5, 5.41) is 40.7. The molecule has 0 saturated carbocycles. The molecule has 0 aromatic carbocycles. The molecule has 0 atom stereocenters.